The van der Waals surface area contributed by atoms with Crippen molar-refractivity contribution in [3.63, 3.8) is 0 Å². The standard InChI is InChI=1S/C18H28F6O2/c1-3-4-5-6-7-11-16(25)26-13-12-14(2)9-8-10-15(17(19,20)21)18(22,23)24/h10,14H,3-9,11-13H2,1-2H3. The van der Waals surface area contributed by atoms with Gasteiger partial charge in [0.05, 0.1) is 6.61 Å². The van der Waals surface area contributed by atoms with Gasteiger partial charge in [0.15, 0.2) is 0 Å². The molecule has 2 nitrogen and oxygen atoms in total. The highest BCUT2D eigenvalue weighted by atomic mass is 19.4. The van der Waals surface area contributed by atoms with Gasteiger partial charge in [-0.1, -0.05) is 45.6 Å². The van der Waals surface area contributed by atoms with Crippen LogP contribution in [0.25, 0.3) is 0 Å². The lowest BCUT2D eigenvalue weighted by Gasteiger charge is -2.15. The quantitative estimate of drug-likeness (QED) is 0.159. The zero-order valence-electron chi connectivity index (χ0n) is 15.3. The summed E-state index contributed by atoms with van der Waals surface area (Å²) < 4.78 is 79.2. The Labute approximate surface area is 151 Å². The minimum Gasteiger partial charge on any atom is -0.466 e. The molecule has 0 aromatic carbocycles. The first-order chi connectivity index (χ1) is 12.0. The van der Waals surface area contributed by atoms with Crippen LogP contribution in [0.5, 0.6) is 0 Å². The Morgan fingerprint density at radius 3 is 2.08 bits per heavy atom. The van der Waals surface area contributed by atoms with Crippen molar-refractivity contribution in [2.45, 2.75) is 84.0 Å². The summed E-state index contributed by atoms with van der Waals surface area (Å²) in [7, 11) is 0. The van der Waals surface area contributed by atoms with Crippen LogP contribution in [0.4, 0.5) is 26.3 Å². The van der Waals surface area contributed by atoms with E-state index in [4.69, 9.17) is 4.74 Å². The van der Waals surface area contributed by atoms with Crippen LogP contribution in [0.15, 0.2) is 11.6 Å². The van der Waals surface area contributed by atoms with E-state index in [-0.39, 0.29) is 37.4 Å². The molecule has 8 heteroatoms. The van der Waals surface area contributed by atoms with E-state index in [9.17, 15) is 31.1 Å². The summed E-state index contributed by atoms with van der Waals surface area (Å²) >= 11 is 0. The van der Waals surface area contributed by atoms with E-state index in [2.05, 4.69) is 6.92 Å². The van der Waals surface area contributed by atoms with Crippen LogP contribution < -0.4 is 0 Å². The van der Waals surface area contributed by atoms with Gasteiger partial charge >= 0.3 is 18.3 Å². The van der Waals surface area contributed by atoms with Gasteiger partial charge < -0.3 is 4.74 Å². The van der Waals surface area contributed by atoms with E-state index >= 15 is 0 Å². The Balaban J connectivity index is 4.04. The van der Waals surface area contributed by atoms with Crippen LogP contribution in [0.1, 0.15) is 71.6 Å². The second-order valence-corrected chi connectivity index (χ2v) is 6.47. The van der Waals surface area contributed by atoms with Crippen molar-refractivity contribution in [3.8, 4) is 0 Å². The Morgan fingerprint density at radius 2 is 1.54 bits per heavy atom. The van der Waals surface area contributed by atoms with Crippen molar-refractivity contribution in [1.82, 2.24) is 0 Å². The third-order valence-corrected chi connectivity index (χ3v) is 3.98. The fourth-order valence-corrected chi connectivity index (χ4v) is 2.37. The number of allylic oxidation sites excluding steroid dienone is 2. The highest BCUT2D eigenvalue weighted by Crippen LogP contribution is 2.39. The first-order valence-corrected chi connectivity index (χ1v) is 8.98. The Bertz CT molecular complexity index is 410. The SMILES string of the molecule is CCCCCCCC(=O)OCCC(C)CCC=C(C(F)(F)F)C(F)(F)F. The molecule has 0 bridgehead atoms. The van der Waals surface area contributed by atoms with Crippen molar-refractivity contribution < 1.29 is 35.9 Å². The van der Waals surface area contributed by atoms with Gasteiger partial charge in [-0.05, 0) is 31.6 Å². The van der Waals surface area contributed by atoms with E-state index in [0.717, 1.165) is 32.1 Å². The summed E-state index contributed by atoms with van der Waals surface area (Å²) in [6, 6.07) is 0. The first-order valence-electron chi connectivity index (χ1n) is 8.98. The molecule has 0 aliphatic heterocycles. The molecule has 0 saturated heterocycles. The summed E-state index contributed by atoms with van der Waals surface area (Å²) in [5, 5.41) is 0. The second kappa shape index (κ2) is 12.2. The molecule has 154 valence electrons. The van der Waals surface area contributed by atoms with Crippen LogP contribution in [0.2, 0.25) is 0 Å². The number of esters is 1. The van der Waals surface area contributed by atoms with Crippen molar-refractivity contribution in [3.05, 3.63) is 11.6 Å². The zero-order chi connectivity index (χ0) is 20.2. The number of rotatable bonds is 12. The van der Waals surface area contributed by atoms with Crippen LogP contribution in [-0.2, 0) is 9.53 Å². The van der Waals surface area contributed by atoms with Crippen molar-refractivity contribution >= 4 is 5.97 Å². The summed E-state index contributed by atoms with van der Waals surface area (Å²) in [5.74, 6) is -0.462. The number of carbonyl (C=O) groups is 1. The fourth-order valence-electron chi connectivity index (χ4n) is 2.37. The fraction of sp³-hybridized carbons (Fsp3) is 0.833. The average molecular weight is 390 g/mol. The Hall–Kier alpha value is -1.21. The number of hydrogen-bond donors (Lipinski definition) is 0. The molecule has 0 aromatic rings. The molecule has 0 fully saturated rings. The van der Waals surface area contributed by atoms with Gasteiger partial charge in [0.1, 0.15) is 5.57 Å². The van der Waals surface area contributed by atoms with Gasteiger partial charge in [-0.25, -0.2) is 0 Å². The lowest BCUT2D eigenvalue weighted by molar-refractivity contribution is -0.172. The molecule has 0 spiro atoms. The minimum absolute atomic E-state index is 0.129. The predicted molar refractivity (Wildman–Crippen MR) is 87.5 cm³/mol. The number of alkyl halides is 6. The lowest BCUT2D eigenvalue weighted by atomic mass is 10.0. The highest BCUT2D eigenvalue weighted by Gasteiger charge is 2.50. The monoisotopic (exact) mass is 390 g/mol. The molecule has 0 radical (unpaired) electrons. The molecule has 26 heavy (non-hydrogen) atoms. The van der Waals surface area contributed by atoms with Crippen LogP contribution >= 0.6 is 0 Å². The topological polar surface area (TPSA) is 26.3 Å². The minimum atomic E-state index is -5.41. The number of halogens is 6. The maximum atomic E-state index is 12.4. The van der Waals surface area contributed by atoms with Gasteiger partial charge in [0, 0.05) is 6.42 Å². The van der Waals surface area contributed by atoms with Gasteiger partial charge in [-0.3, -0.25) is 4.79 Å². The smallest absolute Gasteiger partial charge is 0.420 e. The number of unbranched alkanes of at least 4 members (excludes halogenated alkanes) is 4. The summed E-state index contributed by atoms with van der Waals surface area (Å²) in [4.78, 5) is 11.5. The van der Waals surface area contributed by atoms with Crippen molar-refractivity contribution in [2.75, 3.05) is 6.61 Å². The number of ether oxygens (including phenoxy) is 1. The van der Waals surface area contributed by atoms with Crippen LogP contribution in [-0.4, -0.2) is 24.9 Å². The summed E-state index contributed by atoms with van der Waals surface area (Å²) in [6.07, 6.45) is -5.01. The van der Waals surface area contributed by atoms with Crippen molar-refractivity contribution in [2.24, 2.45) is 5.92 Å². The van der Waals surface area contributed by atoms with Gasteiger partial charge in [-0.15, -0.1) is 0 Å². The molecule has 1 atom stereocenters. The van der Waals surface area contributed by atoms with E-state index < -0.39 is 17.9 Å². The van der Waals surface area contributed by atoms with Gasteiger partial charge in [-0.2, -0.15) is 26.3 Å². The maximum absolute atomic E-state index is 12.4. The molecule has 0 saturated carbocycles. The van der Waals surface area contributed by atoms with E-state index in [1.165, 1.54) is 0 Å². The zero-order valence-corrected chi connectivity index (χ0v) is 15.3. The molecule has 0 heterocycles. The summed E-state index contributed by atoms with van der Waals surface area (Å²) in [5.41, 5.74) is -2.47. The average Bonchev–Trinajstić information content (AvgIpc) is 2.49. The van der Waals surface area contributed by atoms with E-state index in [1.54, 1.807) is 6.92 Å². The Kier molecular flexibility index (Phi) is 11.7. The third-order valence-electron chi connectivity index (χ3n) is 3.98. The molecule has 0 aliphatic carbocycles. The largest absolute Gasteiger partial charge is 0.466 e. The van der Waals surface area contributed by atoms with Crippen molar-refractivity contribution in [1.29, 1.82) is 0 Å². The molecule has 1 unspecified atom stereocenters. The highest BCUT2D eigenvalue weighted by molar-refractivity contribution is 5.69. The van der Waals surface area contributed by atoms with E-state index in [1.807, 2.05) is 0 Å². The normalized spacial score (nSPS) is 13.4. The molecule has 0 N–H and O–H groups in total. The third kappa shape index (κ3) is 12.2. The molecular weight excluding hydrogens is 362 g/mol. The molecule has 0 rings (SSSR count). The maximum Gasteiger partial charge on any atom is 0.420 e. The predicted octanol–water partition coefficient (Wildman–Crippen LogP) is 6.75. The Morgan fingerprint density at radius 1 is 0.962 bits per heavy atom. The summed E-state index contributed by atoms with van der Waals surface area (Å²) in [6.45, 7) is 3.93. The molecule has 0 aromatic heterocycles. The molecule has 0 aliphatic rings. The molecule has 0 amide bonds. The van der Waals surface area contributed by atoms with Crippen LogP contribution in [0, 0.1) is 5.92 Å². The van der Waals surface area contributed by atoms with Gasteiger partial charge in [0.2, 0.25) is 0 Å². The lowest BCUT2D eigenvalue weighted by Crippen LogP contribution is -2.26. The second-order valence-electron chi connectivity index (χ2n) is 6.47. The number of carbonyl (C=O) groups excluding carboxylic acids is 1. The van der Waals surface area contributed by atoms with E-state index in [0.29, 0.717) is 12.8 Å². The number of hydrogen-bond acceptors (Lipinski definition) is 2. The van der Waals surface area contributed by atoms with Gasteiger partial charge in [0.25, 0.3) is 0 Å². The molecular formula is C18H28F6O2. The first kappa shape index (κ1) is 24.8. The van der Waals surface area contributed by atoms with Crippen LogP contribution in [0.3, 0.4) is 0 Å².